The predicted molar refractivity (Wildman–Crippen MR) is 94.2 cm³/mol. The van der Waals surface area contributed by atoms with Gasteiger partial charge in [0.25, 0.3) is 11.6 Å². The lowest BCUT2D eigenvalue weighted by Crippen LogP contribution is -2.21. The van der Waals surface area contributed by atoms with Crippen molar-refractivity contribution in [2.24, 2.45) is 0 Å². The highest BCUT2D eigenvalue weighted by Gasteiger charge is 2.15. The molecule has 0 fully saturated rings. The molecule has 8 nitrogen and oxygen atoms in total. The fourth-order valence-corrected chi connectivity index (χ4v) is 2.07. The van der Waals surface area contributed by atoms with E-state index < -0.39 is 29.2 Å². The molecule has 0 aromatic heterocycles. The number of hydrogen-bond acceptors (Lipinski definition) is 6. The molecule has 0 radical (unpaired) electrons. The van der Waals surface area contributed by atoms with Crippen molar-refractivity contribution in [2.45, 2.75) is 20.0 Å². The van der Waals surface area contributed by atoms with Crippen molar-refractivity contribution in [3.05, 3.63) is 64.0 Å². The molecule has 0 aliphatic carbocycles. The Kier molecular flexibility index (Phi) is 6.42. The van der Waals surface area contributed by atoms with E-state index in [0.29, 0.717) is 5.75 Å². The van der Waals surface area contributed by atoms with Crippen LogP contribution in [0.4, 0.5) is 15.8 Å². The van der Waals surface area contributed by atoms with E-state index in [1.807, 2.05) is 13.8 Å². The first-order chi connectivity index (χ1) is 12.8. The molecule has 2 rings (SSSR count). The predicted octanol–water partition coefficient (Wildman–Crippen LogP) is 3.32. The van der Waals surface area contributed by atoms with E-state index in [-0.39, 0.29) is 23.0 Å². The van der Waals surface area contributed by atoms with Crippen molar-refractivity contribution in [1.82, 2.24) is 0 Å². The zero-order chi connectivity index (χ0) is 20.0. The van der Waals surface area contributed by atoms with Crippen molar-refractivity contribution in [1.29, 1.82) is 0 Å². The third-order valence-corrected chi connectivity index (χ3v) is 3.23. The molecule has 0 atom stereocenters. The van der Waals surface area contributed by atoms with Gasteiger partial charge in [-0.3, -0.25) is 14.9 Å². The molecule has 0 heterocycles. The third kappa shape index (κ3) is 5.77. The van der Waals surface area contributed by atoms with Gasteiger partial charge in [0.15, 0.2) is 6.61 Å². The minimum Gasteiger partial charge on any atom is -0.491 e. The average Bonchev–Trinajstić information content (AvgIpc) is 2.61. The SMILES string of the molecule is CC(C)Oc1ccc(C(=O)OCC(=O)Nc2cc([N+](=O)[O-])ccc2F)cc1. The van der Waals surface area contributed by atoms with Gasteiger partial charge in [0.1, 0.15) is 11.6 Å². The van der Waals surface area contributed by atoms with E-state index >= 15 is 0 Å². The zero-order valence-corrected chi connectivity index (χ0v) is 14.6. The van der Waals surface area contributed by atoms with E-state index in [2.05, 4.69) is 5.32 Å². The van der Waals surface area contributed by atoms with Crippen LogP contribution in [0.2, 0.25) is 0 Å². The summed E-state index contributed by atoms with van der Waals surface area (Å²) in [6, 6.07) is 8.86. The molecular formula is C18H17FN2O6. The number of hydrogen-bond donors (Lipinski definition) is 1. The first kappa shape index (κ1) is 19.8. The van der Waals surface area contributed by atoms with E-state index in [4.69, 9.17) is 9.47 Å². The number of rotatable bonds is 7. The Bertz CT molecular complexity index is 851. The molecule has 1 amide bonds. The molecule has 0 saturated carbocycles. The molecule has 142 valence electrons. The van der Waals surface area contributed by atoms with Crippen LogP contribution in [0.15, 0.2) is 42.5 Å². The molecule has 0 aliphatic heterocycles. The number of carbonyl (C=O) groups is 2. The van der Waals surface area contributed by atoms with Gasteiger partial charge in [0.2, 0.25) is 0 Å². The average molecular weight is 376 g/mol. The first-order valence-electron chi connectivity index (χ1n) is 7.94. The number of nitro benzene ring substituents is 1. The summed E-state index contributed by atoms with van der Waals surface area (Å²) in [4.78, 5) is 33.7. The van der Waals surface area contributed by atoms with Crippen LogP contribution in [-0.4, -0.2) is 29.5 Å². The molecule has 0 saturated heterocycles. The van der Waals surface area contributed by atoms with Gasteiger partial charge in [0.05, 0.1) is 22.3 Å². The van der Waals surface area contributed by atoms with Crippen LogP contribution in [0.1, 0.15) is 24.2 Å². The van der Waals surface area contributed by atoms with Crippen molar-refractivity contribution < 1.29 is 28.4 Å². The maximum absolute atomic E-state index is 13.6. The van der Waals surface area contributed by atoms with Crippen LogP contribution in [-0.2, 0) is 9.53 Å². The second-order valence-electron chi connectivity index (χ2n) is 5.74. The standard InChI is InChI=1S/C18H17FN2O6/c1-11(2)27-14-6-3-12(4-7-14)18(23)26-10-17(22)20-16-9-13(21(24)25)5-8-15(16)19/h3-9,11H,10H2,1-2H3,(H,20,22). The van der Waals surface area contributed by atoms with Gasteiger partial charge in [-0.15, -0.1) is 0 Å². The number of nitrogens with one attached hydrogen (secondary N) is 1. The van der Waals surface area contributed by atoms with E-state index in [1.165, 1.54) is 12.1 Å². The minimum absolute atomic E-state index is 0.0132. The summed E-state index contributed by atoms with van der Waals surface area (Å²) in [7, 11) is 0. The summed E-state index contributed by atoms with van der Waals surface area (Å²) in [6.07, 6.45) is -0.0132. The van der Waals surface area contributed by atoms with Gasteiger partial charge in [-0.1, -0.05) is 0 Å². The highest BCUT2D eigenvalue weighted by Crippen LogP contribution is 2.21. The van der Waals surface area contributed by atoms with Crippen molar-refractivity contribution in [2.75, 3.05) is 11.9 Å². The Morgan fingerprint density at radius 1 is 1.19 bits per heavy atom. The molecule has 9 heteroatoms. The summed E-state index contributed by atoms with van der Waals surface area (Å²) in [5, 5.41) is 12.8. The second-order valence-corrected chi connectivity index (χ2v) is 5.74. The number of halogens is 1. The van der Waals surface area contributed by atoms with Gasteiger partial charge in [-0.25, -0.2) is 9.18 Å². The Balaban J connectivity index is 1.92. The number of benzene rings is 2. The first-order valence-corrected chi connectivity index (χ1v) is 7.94. The molecule has 0 spiro atoms. The molecule has 2 aromatic carbocycles. The lowest BCUT2D eigenvalue weighted by molar-refractivity contribution is -0.384. The fraction of sp³-hybridized carbons (Fsp3) is 0.222. The number of carbonyl (C=O) groups excluding carboxylic acids is 2. The van der Waals surface area contributed by atoms with E-state index in [0.717, 1.165) is 18.2 Å². The Morgan fingerprint density at radius 3 is 2.44 bits per heavy atom. The minimum atomic E-state index is -0.846. The highest BCUT2D eigenvalue weighted by atomic mass is 19.1. The quantitative estimate of drug-likeness (QED) is 0.451. The topological polar surface area (TPSA) is 108 Å². The lowest BCUT2D eigenvalue weighted by atomic mass is 10.2. The number of ether oxygens (including phenoxy) is 2. The van der Waals surface area contributed by atoms with Gasteiger partial charge < -0.3 is 14.8 Å². The number of anilines is 1. The van der Waals surface area contributed by atoms with Gasteiger partial charge in [-0.05, 0) is 44.2 Å². The maximum Gasteiger partial charge on any atom is 0.338 e. The van der Waals surface area contributed by atoms with Crippen molar-refractivity contribution in [3.63, 3.8) is 0 Å². The molecule has 0 unspecified atom stereocenters. The Morgan fingerprint density at radius 2 is 1.85 bits per heavy atom. The van der Waals surface area contributed by atoms with Crippen LogP contribution < -0.4 is 10.1 Å². The summed E-state index contributed by atoms with van der Waals surface area (Å²) >= 11 is 0. The molecular weight excluding hydrogens is 359 g/mol. The van der Waals surface area contributed by atoms with Crippen molar-refractivity contribution in [3.8, 4) is 5.75 Å². The summed E-state index contributed by atoms with van der Waals surface area (Å²) < 4.78 is 23.9. The van der Waals surface area contributed by atoms with Gasteiger partial charge in [0, 0.05) is 12.1 Å². The number of amides is 1. The highest BCUT2D eigenvalue weighted by molar-refractivity contribution is 5.95. The van der Waals surface area contributed by atoms with Crippen LogP contribution in [0.25, 0.3) is 0 Å². The number of esters is 1. The van der Waals surface area contributed by atoms with E-state index in [9.17, 15) is 24.1 Å². The monoisotopic (exact) mass is 376 g/mol. The Labute approximate surface area is 154 Å². The molecule has 2 aromatic rings. The van der Waals surface area contributed by atoms with E-state index in [1.54, 1.807) is 12.1 Å². The summed E-state index contributed by atoms with van der Waals surface area (Å²) in [5.74, 6) is -1.84. The number of non-ortho nitro benzene ring substituents is 1. The molecule has 27 heavy (non-hydrogen) atoms. The van der Waals surface area contributed by atoms with Gasteiger partial charge >= 0.3 is 5.97 Å². The van der Waals surface area contributed by atoms with Gasteiger partial charge in [-0.2, -0.15) is 0 Å². The lowest BCUT2D eigenvalue weighted by Gasteiger charge is -2.10. The number of nitrogens with zero attached hydrogens (tertiary/aromatic N) is 1. The molecule has 0 bridgehead atoms. The van der Waals surface area contributed by atoms with Crippen LogP contribution in [0.5, 0.6) is 5.75 Å². The van der Waals surface area contributed by atoms with Crippen molar-refractivity contribution >= 4 is 23.3 Å². The molecule has 0 aliphatic rings. The second kappa shape index (κ2) is 8.75. The number of nitro groups is 1. The van der Waals surface area contributed by atoms with Crippen LogP contribution in [0.3, 0.4) is 0 Å². The molecule has 1 N–H and O–H groups in total. The summed E-state index contributed by atoms with van der Waals surface area (Å²) in [5.41, 5.74) is -0.548. The smallest absolute Gasteiger partial charge is 0.338 e. The third-order valence-electron chi connectivity index (χ3n) is 3.23. The normalized spacial score (nSPS) is 10.4. The van der Waals surface area contributed by atoms with Crippen LogP contribution >= 0.6 is 0 Å². The zero-order valence-electron chi connectivity index (χ0n) is 14.6. The summed E-state index contributed by atoms with van der Waals surface area (Å²) in [6.45, 7) is 3.06. The largest absolute Gasteiger partial charge is 0.491 e. The maximum atomic E-state index is 13.6. The Hall–Kier alpha value is -3.49. The fourth-order valence-electron chi connectivity index (χ4n) is 2.07. The van der Waals surface area contributed by atoms with Crippen LogP contribution in [0, 0.1) is 15.9 Å².